The fourth-order valence-electron chi connectivity index (χ4n) is 5.09. The summed E-state index contributed by atoms with van der Waals surface area (Å²) in [6, 6.07) is 8.61. The summed E-state index contributed by atoms with van der Waals surface area (Å²) in [6.45, 7) is 5.25. The molecule has 2 aliphatic heterocycles. The van der Waals surface area contributed by atoms with E-state index in [2.05, 4.69) is 36.1 Å². The largest absolute Gasteiger partial charge is 0.378 e. The number of amides is 2. The Balaban J connectivity index is 1.54. The van der Waals surface area contributed by atoms with Crippen molar-refractivity contribution in [3.05, 3.63) is 35.4 Å². The summed E-state index contributed by atoms with van der Waals surface area (Å²) in [4.78, 5) is 30.4. The smallest absolute Gasteiger partial charge is 0.227 e. The summed E-state index contributed by atoms with van der Waals surface area (Å²) < 4.78 is 5.39. The number of hydrogen-bond acceptors (Lipinski definition) is 3. The normalized spacial score (nSPS) is 26.5. The number of aryl methyl sites for hydroxylation is 1. The second-order valence-corrected chi connectivity index (χ2v) is 8.61. The van der Waals surface area contributed by atoms with Crippen molar-refractivity contribution in [2.75, 3.05) is 32.8 Å². The highest BCUT2D eigenvalue weighted by Crippen LogP contribution is 2.38. The molecule has 2 saturated heterocycles. The first kappa shape index (κ1) is 19.4. The number of nitrogens with zero attached hydrogens (tertiary/aromatic N) is 2. The maximum atomic E-state index is 13.4. The molecule has 0 unspecified atom stereocenters. The highest BCUT2D eigenvalue weighted by atomic mass is 16.5. The molecule has 3 fully saturated rings. The molecule has 0 spiro atoms. The molecular weight excluding hydrogens is 352 g/mol. The van der Waals surface area contributed by atoms with Gasteiger partial charge in [-0.15, -0.1) is 0 Å². The maximum Gasteiger partial charge on any atom is 0.227 e. The van der Waals surface area contributed by atoms with Crippen LogP contribution in [-0.2, 0) is 14.3 Å². The Kier molecular flexibility index (Phi) is 6.00. The molecule has 3 aliphatic rings. The van der Waals surface area contributed by atoms with E-state index in [0.29, 0.717) is 32.8 Å². The van der Waals surface area contributed by atoms with E-state index in [0.717, 1.165) is 38.5 Å². The first-order valence-corrected chi connectivity index (χ1v) is 10.9. The van der Waals surface area contributed by atoms with Crippen LogP contribution in [0.1, 0.15) is 55.7 Å². The number of morpholine rings is 1. The second-order valence-electron chi connectivity index (χ2n) is 8.61. The van der Waals surface area contributed by atoms with Crippen LogP contribution in [0, 0.1) is 18.8 Å². The van der Waals surface area contributed by atoms with Crippen molar-refractivity contribution in [3.8, 4) is 0 Å². The summed E-state index contributed by atoms with van der Waals surface area (Å²) >= 11 is 0. The van der Waals surface area contributed by atoms with Gasteiger partial charge in [0.25, 0.3) is 0 Å². The molecule has 1 saturated carbocycles. The Morgan fingerprint density at radius 2 is 1.71 bits per heavy atom. The lowest BCUT2D eigenvalue weighted by Gasteiger charge is -2.42. The fraction of sp³-hybridized carbons (Fsp3) is 0.652. The summed E-state index contributed by atoms with van der Waals surface area (Å²) in [5.41, 5.74) is 2.43. The average Bonchev–Trinajstić information content (AvgIpc) is 3.28. The molecule has 5 heteroatoms. The molecule has 1 aromatic rings. The van der Waals surface area contributed by atoms with Gasteiger partial charge in [0, 0.05) is 25.6 Å². The van der Waals surface area contributed by atoms with Crippen LogP contribution in [0.4, 0.5) is 0 Å². The Morgan fingerprint density at radius 3 is 2.43 bits per heavy atom. The monoisotopic (exact) mass is 384 g/mol. The summed E-state index contributed by atoms with van der Waals surface area (Å²) in [5.74, 6) is 0.535. The number of piperidine rings is 1. The highest BCUT2D eigenvalue weighted by molar-refractivity contribution is 5.83. The Hall–Kier alpha value is -1.88. The molecule has 4 rings (SSSR count). The van der Waals surface area contributed by atoms with E-state index < -0.39 is 0 Å². The van der Waals surface area contributed by atoms with E-state index in [4.69, 9.17) is 4.74 Å². The molecule has 2 heterocycles. The van der Waals surface area contributed by atoms with Crippen molar-refractivity contribution in [1.82, 2.24) is 9.80 Å². The zero-order valence-corrected chi connectivity index (χ0v) is 16.9. The van der Waals surface area contributed by atoms with Gasteiger partial charge in [-0.3, -0.25) is 9.59 Å². The van der Waals surface area contributed by atoms with Gasteiger partial charge in [-0.1, -0.05) is 42.7 Å². The van der Waals surface area contributed by atoms with Gasteiger partial charge in [0.2, 0.25) is 11.8 Å². The molecule has 0 radical (unpaired) electrons. The van der Waals surface area contributed by atoms with Gasteiger partial charge < -0.3 is 14.5 Å². The summed E-state index contributed by atoms with van der Waals surface area (Å²) in [6.07, 6.45) is 6.01. The highest BCUT2D eigenvalue weighted by Gasteiger charge is 2.39. The second kappa shape index (κ2) is 8.64. The van der Waals surface area contributed by atoms with Crippen molar-refractivity contribution in [2.24, 2.45) is 11.8 Å². The summed E-state index contributed by atoms with van der Waals surface area (Å²) in [5, 5.41) is 0. The first-order valence-electron chi connectivity index (χ1n) is 10.9. The topological polar surface area (TPSA) is 49.9 Å². The standard InChI is InChI=1S/C23H32N2O3/c1-17-5-4-8-19(15-17)21-10-9-20(22(26)24-11-13-28-14-12-24)16-25(21)23(27)18-6-2-3-7-18/h4-5,8,15,18,20-21H,2-3,6-7,9-14,16H2,1H3/t20-,21+/m0/s1. The Morgan fingerprint density at radius 1 is 0.964 bits per heavy atom. The zero-order valence-electron chi connectivity index (χ0n) is 16.9. The van der Waals surface area contributed by atoms with E-state index in [1.54, 1.807) is 0 Å². The third-order valence-electron chi connectivity index (χ3n) is 6.67. The fourth-order valence-corrected chi connectivity index (χ4v) is 5.09. The van der Waals surface area contributed by atoms with E-state index in [9.17, 15) is 9.59 Å². The van der Waals surface area contributed by atoms with Gasteiger partial charge in [0.1, 0.15) is 0 Å². The number of likely N-dealkylation sites (tertiary alicyclic amines) is 1. The first-order chi connectivity index (χ1) is 13.6. The number of carbonyl (C=O) groups is 2. The zero-order chi connectivity index (χ0) is 19.5. The van der Waals surface area contributed by atoms with Gasteiger partial charge in [-0.2, -0.15) is 0 Å². The molecule has 28 heavy (non-hydrogen) atoms. The van der Waals surface area contributed by atoms with E-state index in [-0.39, 0.29) is 29.7 Å². The van der Waals surface area contributed by atoms with Crippen LogP contribution in [0.15, 0.2) is 24.3 Å². The molecule has 2 atom stereocenters. The van der Waals surface area contributed by atoms with Gasteiger partial charge in [0.15, 0.2) is 0 Å². The lowest BCUT2D eigenvalue weighted by molar-refractivity contribution is -0.147. The molecule has 1 aliphatic carbocycles. The van der Waals surface area contributed by atoms with Crippen molar-refractivity contribution in [2.45, 2.75) is 51.5 Å². The number of hydrogen-bond donors (Lipinski definition) is 0. The third-order valence-corrected chi connectivity index (χ3v) is 6.67. The van der Waals surface area contributed by atoms with Crippen molar-refractivity contribution < 1.29 is 14.3 Å². The number of rotatable bonds is 3. The molecule has 5 nitrogen and oxygen atoms in total. The van der Waals surface area contributed by atoms with Crippen LogP contribution in [0.2, 0.25) is 0 Å². The van der Waals surface area contributed by atoms with Crippen LogP contribution >= 0.6 is 0 Å². The molecular formula is C23H32N2O3. The van der Waals surface area contributed by atoms with Gasteiger partial charge >= 0.3 is 0 Å². The van der Waals surface area contributed by atoms with Crippen molar-refractivity contribution >= 4 is 11.8 Å². The van der Waals surface area contributed by atoms with E-state index >= 15 is 0 Å². The minimum Gasteiger partial charge on any atom is -0.378 e. The van der Waals surface area contributed by atoms with Crippen LogP contribution < -0.4 is 0 Å². The minimum atomic E-state index is -0.0792. The van der Waals surface area contributed by atoms with Crippen LogP contribution in [0.25, 0.3) is 0 Å². The number of benzene rings is 1. The van der Waals surface area contributed by atoms with Crippen molar-refractivity contribution in [3.63, 3.8) is 0 Å². The maximum absolute atomic E-state index is 13.4. The van der Waals surface area contributed by atoms with Crippen LogP contribution in [0.3, 0.4) is 0 Å². The van der Waals surface area contributed by atoms with Crippen LogP contribution in [0.5, 0.6) is 0 Å². The Labute approximate surface area is 168 Å². The molecule has 0 N–H and O–H groups in total. The lowest BCUT2D eigenvalue weighted by atomic mass is 9.86. The third kappa shape index (κ3) is 4.09. The van der Waals surface area contributed by atoms with Gasteiger partial charge in [-0.25, -0.2) is 0 Å². The predicted molar refractivity (Wildman–Crippen MR) is 108 cm³/mol. The SMILES string of the molecule is Cc1cccc([C@H]2CC[C@H](C(=O)N3CCOCC3)CN2C(=O)C2CCCC2)c1. The molecule has 0 bridgehead atoms. The van der Waals surface area contributed by atoms with Gasteiger partial charge in [0.05, 0.1) is 25.2 Å². The van der Waals surface area contributed by atoms with Gasteiger partial charge in [-0.05, 0) is 38.2 Å². The number of carbonyl (C=O) groups excluding carboxylic acids is 2. The molecule has 152 valence electrons. The van der Waals surface area contributed by atoms with Crippen molar-refractivity contribution in [1.29, 1.82) is 0 Å². The van der Waals surface area contributed by atoms with Crippen LogP contribution in [-0.4, -0.2) is 54.5 Å². The predicted octanol–water partition coefficient (Wildman–Crippen LogP) is 3.32. The average molecular weight is 385 g/mol. The quantitative estimate of drug-likeness (QED) is 0.803. The summed E-state index contributed by atoms with van der Waals surface area (Å²) in [7, 11) is 0. The molecule has 2 amide bonds. The van der Waals surface area contributed by atoms with E-state index in [1.165, 1.54) is 11.1 Å². The number of ether oxygens (including phenoxy) is 1. The lowest BCUT2D eigenvalue weighted by Crippen LogP contribution is -2.51. The molecule has 1 aromatic carbocycles. The van der Waals surface area contributed by atoms with E-state index in [1.807, 2.05) is 4.90 Å². The minimum absolute atomic E-state index is 0.0792. The molecule has 0 aromatic heterocycles. The Bertz CT molecular complexity index is 708.